The van der Waals surface area contributed by atoms with Crippen molar-refractivity contribution < 1.29 is 9.53 Å². The fraction of sp³-hybridized carbons (Fsp3) is 0.500. The molecule has 0 radical (unpaired) electrons. The van der Waals surface area contributed by atoms with Gasteiger partial charge in [0.05, 0.1) is 12.7 Å². The van der Waals surface area contributed by atoms with Crippen LogP contribution in [0.2, 0.25) is 10.3 Å². The molecule has 1 atom stereocenters. The number of morpholine rings is 1. The van der Waals surface area contributed by atoms with E-state index >= 15 is 0 Å². The second-order valence-corrected chi connectivity index (χ2v) is 4.93. The Morgan fingerprint density at radius 3 is 2.78 bits per heavy atom. The molecule has 1 amide bonds. The van der Waals surface area contributed by atoms with Gasteiger partial charge in [-0.05, 0) is 18.6 Å². The van der Waals surface area contributed by atoms with Crippen LogP contribution in [-0.4, -0.2) is 41.6 Å². The monoisotopic (exact) mass is 288 g/mol. The maximum Gasteiger partial charge on any atom is 0.254 e. The van der Waals surface area contributed by atoms with Crippen LogP contribution in [-0.2, 0) is 4.74 Å². The normalized spacial score (nSPS) is 19.9. The van der Waals surface area contributed by atoms with Crippen molar-refractivity contribution in [2.24, 2.45) is 0 Å². The Hall–Kier alpha value is -0.840. The molecular formula is C12H14Cl2N2O2. The predicted molar refractivity (Wildman–Crippen MR) is 70.2 cm³/mol. The fourth-order valence-electron chi connectivity index (χ4n) is 1.92. The molecule has 0 saturated carbocycles. The zero-order chi connectivity index (χ0) is 13.1. The molecule has 1 aromatic rings. The lowest BCUT2D eigenvalue weighted by molar-refractivity contribution is -0.0226. The molecule has 1 fully saturated rings. The molecule has 98 valence electrons. The maximum absolute atomic E-state index is 12.3. The third kappa shape index (κ3) is 3.13. The number of carbonyl (C=O) groups excluding carboxylic acids is 1. The second-order valence-electron chi connectivity index (χ2n) is 4.15. The Morgan fingerprint density at radius 1 is 1.50 bits per heavy atom. The molecule has 0 bridgehead atoms. The van der Waals surface area contributed by atoms with Gasteiger partial charge in [0.1, 0.15) is 10.3 Å². The number of pyridine rings is 1. The van der Waals surface area contributed by atoms with Crippen LogP contribution in [0.4, 0.5) is 0 Å². The molecule has 1 unspecified atom stereocenters. The number of aromatic nitrogens is 1. The maximum atomic E-state index is 12.3. The molecule has 2 heterocycles. The third-order valence-electron chi connectivity index (χ3n) is 2.89. The lowest BCUT2D eigenvalue weighted by Gasteiger charge is -2.32. The predicted octanol–water partition coefficient (Wildman–Crippen LogP) is 2.64. The van der Waals surface area contributed by atoms with Gasteiger partial charge in [-0.2, -0.15) is 0 Å². The smallest absolute Gasteiger partial charge is 0.254 e. The zero-order valence-corrected chi connectivity index (χ0v) is 11.5. The minimum Gasteiger partial charge on any atom is -0.375 e. The second kappa shape index (κ2) is 5.87. The van der Waals surface area contributed by atoms with Crippen molar-refractivity contribution in [1.29, 1.82) is 0 Å². The van der Waals surface area contributed by atoms with Gasteiger partial charge in [-0.25, -0.2) is 4.98 Å². The van der Waals surface area contributed by atoms with Crippen LogP contribution in [0, 0.1) is 0 Å². The summed E-state index contributed by atoms with van der Waals surface area (Å²) in [6, 6.07) is 3.07. The van der Waals surface area contributed by atoms with Crippen LogP contribution in [0.15, 0.2) is 12.1 Å². The molecule has 1 saturated heterocycles. The highest BCUT2D eigenvalue weighted by atomic mass is 35.5. The summed E-state index contributed by atoms with van der Waals surface area (Å²) in [7, 11) is 0. The largest absolute Gasteiger partial charge is 0.375 e. The summed E-state index contributed by atoms with van der Waals surface area (Å²) < 4.78 is 5.53. The molecule has 0 N–H and O–H groups in total. The van der Waals surface area contributed by atoms with Crippen LogP contribution in [0.25, 0.3) is 0 Å². The first-order chi connectivity index (χ1) is 8.60. The Balaban J connectivity index is 2.15. The molecule has 0 spiro atoms. The zero-order valence-electron chi connectivity index (χ0n) is 10.0. The fourth-order valence-corrected chi connectivity index (χ4v) is 2.38. The summed E-state index contributed by atoms with van der Waals surface area (Å²) in [4.78, 5) is 17.9. The summed E-state index contributed by atoms with van der Waals surface area (Å²) in [5.74, 6) is -0.0806. The van der Waals surface area contributed by atoms with E-state index in [4.69, 9.17) is 27.9 Å². The number of carbonyl (C=O) groups is 1. The standard InChI is InChI=1S/C12H14Cl2N2O2/c1-2-9-7-16(3-4-18-9)12(17)8-5-10(13)15-11(14)6-8/h5-6,9H,2-4,7H2,1H3. The number of hydrogen-bond acceptors (Lipinski definition) is 3. The van der Waals surface area contributed by atoms with Gasteiger partial charge >= 0.3 is 0 Å². The Bertz CT molecular complexity index is 433. The van der Waals surface area contributed by atoms with Gasteiger partial charge in [0.15, 0.2) is 0 Å². The van der Waals surface area contributed by atoms with Crippen molar-refractivity contribution in [3.63, 3.8) is 0 Å². The molecule has 1 aliphatic heterocycles. The first-order valence-electron chi connectivity index (χ1n) is 5.84. The quantitative estimate of drug-likeness (QED) is 0.786. The van der Waals surface area contributed by atoms with E-state index in [9.17, 15) is 4.79 Å². The first kappa shape index (κ1) is 13.6. The van der Waals surface area contributed by atoms with Crippen LogP contribution in [0.5, 0.6) is 0 Å². The van der Waals surface area contributed by atoms with E-state index in [-0.39, 0.29) is 22.3 Å². The van der Waals surface area contributed by atoms with Crippen molar-refractivity contribution in [2.45, 2.75) is 19.4 Å². The van der Waals surface area contributed by atoms with Crippen molar-refractivity contribution in [3.8, 4) is 0 Å². The summed E-state index contributed by atoms with van der Waals surface area (Å²) in [6.45, 7) is 3.80. The molecule has 0 aromatic carbocycles. The highest BCUT2D eigenvalue weighted by molar-refractivity contribution is 6.33. The van der Waals surface area contributed by atoms with E-state index in [0.29, 0.717) is 25.3 Å². The molecule has 0 aliphatic carbocycles. The number of hydrogen-bond donors (Lipinski definition) is 0. The van der Waals surface area contributed by atoms with Crippen molar-refractivity contribution in [3.05, 3.63) is 28.0 Å². The number of amides is 1. The molecule has 4 nitrogen and oxygen atoms in total. The topological polar surface area (TPSA) is 42.4 Å². The number of rotatable bonds is 2. The van der Waals surface area contributed by atoms with E-state index in [1.54, 1.807) is 4.90 Å². The lowest BCUT2D eigenvalue weighted by Crippen LogP contribution is -2.45. The number of ether oxygens (including phenoxy) is 1. The molecule has 1 aromatic heterocycles. The molecular weight excluding hydrogens is 275 g/mol. The average Bonchev–Trinajstić information content (AvgIpc) is 2.37. The SMILES string of the molecule is CCC1CN(C(=O)c2cc(Cl)nc(Cl)c2)CCO1. The molecule has 1 aliphatic rings. The van der Waals surface area contributed by atoms with Gasteiger partial charge < -0.3 is 9.64 Å². The van der Waals surface area contributed by atoms with Crippen LogP contribution in [0.1, 0.15) is 23.7 Å². The van der Waals surface area contributed by atoms with E-state index < -0.39 is 0 Å². The van der Waals surface area contributed by atoms with E-state index in [1.807, 2.05) is 6.92 Å². The van der Waals surface area contributed by atoms with Gasteiger partial charge in [0, 0.05) is 18.7 Å². The minimum atomic E-state index is -0.0806. The molecule has 18 heavy (non-hydrogen) atoms. The Morgan fingerprint density at radius 2 is 2.17 bits per heavy atom. The average molecular weight is 289 g/mol. The molecule has 6 heteroatoms. The van der Waals surface area contributed by atoms with Crippen LogP contribution < -0.4 is 0 Å². The third-order valence-corrected chi connectivity index (χ3v) is 3.28. The van der Waals surface area contributed by atoms with E-state index in [1.165, 1.54) is 12.1 Å². The number of halogens is 2. The van der Waals surface area contributed by atoms with E-state index in [0.717, 1.165) is 6.42 Å². The van der Waals surface area contributed by atoms with Gasteiger partial charge in [-0.1, -0.05) is 30.1 Å². The van der Waals surface area contributed by atoms with Gasteiger partial charge in [0.25, 0.3) is 5.91 Å². The van der Waals surface area contributed by atoms with Crippen LogP contribution in [0.3, 0.4) is 0 Å². The van der Waals surface area contributed by atoms with Gasteiger partial charge in [0.2, 0.25) is 0 Å². The Kier molecular flexibility index (Phi) is 4.43. The summed E-state index contributed by atoms with van der Waals surface area (Å²) in [6.07, 6.45) is 0.997. The molecule has 2 rings (SSSR count). The minimum absolute atomic E-state index is 0.0806. The highest BCUT2D eigenvalue weighted by Crippen LogP contribution is 2.18. The highest BCUT2D eigenvalue weighted by Gasteiger charge is 2.24. The summed E-state index contributed by atoms with van der Waals surface area (Å²) in [5.41, 5.74) is 0.469. The number of nitrogens with zero attached hydrogens (tertiary/aromatic N) is 2. The summed E-state index contributed by atoms with van der Waals surface area (Å²) in [5, 5.41) is 0.456. The Labute approximate surface area is 116 Å². The van der Waals surface area contributed by atoms with Gasteiger partial charge in [-0.15, -0.1) is 0 Å². The van der Waals surface area contributed by atoms with Crippen molar-refractivity contribution in [1.82, 2.24) is 9.88 Å². The lowest BCUT2D eigenvalue weighted by atomic mass is 10.2. The van der Waals surface area contributed by atoms with Crippen molar-refractivity contribution >= 4 is 29.1 Å². The van der Waals surface area contributed by atoms with Gasteiger partial charge in [-0.3, -0.25) is 4.79 Å². The van der Waals surface area contributed by atoms with E-state index in [2.05, 4.69) is 4.98 Å². The van der Waals surface area contributed by atoms with Crippen molar-refractivity contribution in [2.75, 3.05) is 19.7 Å². The summed E-state index contributed by atoms with van der Waals surface area (Å²) >= 11 is 11.6. The first-order valence-corrected chi connectivity index (χ1v) is 6.59. The van der Waals surface area contributed by atoms with Crippen LogP contribution >= 0.6 is 23.2 Å².